The summed E-state index contributed by atoms with van der Waals surface area (Å²) < 4.78 is 60.9. The number of aliphatic hydroxyl groups excluding tert-OH is 1. The maximum atomic E-state index is 14.0. The number of ether oxygens (including phenoxy) is 1. The fourth-order valence-corrected chi connectivity index (χ4v) is 4.93. The summed E-state index contributed by atoms with van der Waals surface area (Å²) >= 11 is 0. The molecule has 1 aliphatic rings. The number of hydrogen-bond donors (Lipinski definition) is 2. The third-order valence-corrected chi connectivity index (χ3v) is 6.99. The molecule has 0 aromatic heterocycles. The lowest BCUT2D eigenvalue weighted by molar-refractivity contribution is 0.00261. The predicted octanol–water partition coefficient (Wildman–Crippen LogP) is 3.80. The van der Waals surface area contributed by atoms with Gasteiger partial charge in [0.05, 0.1) is 30.8 Å². The van der Waals surface area contributed by atoms with E-state index >= 15 is 0 Å². The molecule has 0 amide bonds. The van der Waals surface area contributed by atoms with E-state index in [4.69, 9.17) is 4.74 Å². The Hall–Kier alpha value is -2.85. The van der Waals surface area contributed by atoms with Crippen LogP contribution in [0.3, 0.4) is 0 Å². The molecule has 1 saturated heterocycles. The van der Waals surface area contributed by atoms with Crippen LogP contribution in [0.25, 0.3) is 11.1 Å². The molecule has 9 heteroatoms. The molecule has 0 bridgehead atoms. The average Bonchev–Trinajstić information content (AvgIpc) is 2.80. The molecular formula is C24H24F2N2O4S. The van der Waals surface area contributed by atoms with Crippen molar-refractivity contribution in [2.75, 3.05) is 37.6 Å². The van der Waals surface area contributed by atoms with Crippen LogP contribution in [-0.2, 0) is 14.8 Å². The lowest BCUT2D eigenvalue weighted by Gasteiger charge is -2.33. The molecule has 1 atom stereocenters. The molecule has 1 heterocycles. The molecule has 6 nitrogen and oxygen atoms in total. The highest BCUT2D eigenvalue weighted by Crippen LogP contribution is 2.27. The molecule has 33 heavy (non-hydrogen) atoms. The minimum atomic E-state index is -3.90. The lowest BCUT2D eigenvalue weighted by Crippen LogP contribution is -2.40. The fraction of sp³-hybridized carbons (Fsp3) is 0.250. The topological polar surface area (TPSA) is 78.9 Å². The van der Waals surface area contributed by atoms with Crippen LogP contribution in [0, 0.1) is 11.6 Å². The van der Waals surface area contributed by atoms with Crippen molar-refractivity contribution >= 4 is 15.7 Å². The van der Waals surface area contributed by atoms with Crippen LogP contribution < -0.4 is 4.72 Å². The van der Waals surface area contributed by atoms with Crippen LogP contribution in [0.15, 0.2) is 71.6 Å². The molecule has 3 aromatic rings. The van der Waals surface area contributed by atoms with Crippen LogP contribution in [0.1, 0.15) is 11.6 Å². The highest BCUT2D eigenvalue weighted by Gasteiger charge is 2.23. The van der Waals surface area contributed by atoms with Gasteiger partial charge in [0.2, 0.25) is 0 Å². The second-order valence-corrected chi connectivity index (χ2v) is 9.41. The van der Waals surface area contributed by atoms with Gasteiger partial charge in [-0.05, 0) is 47.5 Å². The van der Waals surface area contributed by atoms with Crippen molar-refractivity contribution in [3.8, 4) is 11.1 Å². The van der Waals surface area contributed by atoms with Gasteiger partial charge in [-0.2, -0.15) is 0 Å². The summed E-state index contributed by atoms with van der Waals surface area (Å²) in [6.45, 7) is 2.43. The summed E-state index contributed by atoms with van der Waals surface area (Å²) in [7, 11) is -3.90. The highest BCUT2D eigenvalue weighted by atomic mass is 32.2. The monoisotopic (exact) mass is 474 g/mol. The molecule has 3 aromatic carbocycles. The number of morpholine rings is 1. The highest BCUT2D eigenvalue weighted by molar-refractivity contribution is 7.92. The molecule has 0 spiro atoms. The van der Waals surface area contributed by atoms with Crippen LogP contribution in [0.2, 0.25) is 0 Å². The zero-order valence-corrected chi connectivity index (χ0v) is 18.6. The number of halogens is 2. The van der Waals surface area contributed by atoms with Gasteiger partial charge in [0.25, 0.3) is 10.0 Å². The van der Waals surface area contributed by atoms with Crippen molar-refractivity contribution < 1.29 is 27.0 Å². The zero-order valence-electron chi connectivity index (χ0n) is 17.7. The van der Waals surface area contributed by atoms with Crippen LogP contribution in [-0.4, -0.2) is 51.3 Å². The van der Waals surface area contributed by atoms with E-state index in [0.29, 0.717) is 37.6 Å². The first-order valence-electron chi connectivity index (χ1n) is 10.5. The second kappa shape index (κ2) is 9.96. The Morgan fingerprint density at radius 3 is 2.39 bits per heavy atom. The quantitative estimate of drug-likeness (QED) is 0.545. The maximum absolute atomic E-state index is 14.0. The fourth-order valence-electron chi connectivity index (χ4n) is 3.88. The number of sulfonamides is 1. The number of hydrogen-bond acceptors (Lipinski definition) is 5. The molecule has 1 unspecified atom stereocenters. The van der Waals surface area contributed by atoms with Crippen molar-refractivity contribution in [2.24, 2.45) is 0 Å². The third-order valence-electron chi connectivity index (χ3n) is 5.59. The number of benzene rings is 3. The van der Waals surface area contributed by atoms with Gasteiger partial charge in [0.15, 0.2) is 0 Å². The van der Waals surface area contributed by atoms with Gasteiger partial charge in [-0.25, -0.2) is 17.2 Å². The number of nitrogens with one attached hydrogen (secondary N) is 1. The molecule has 174 valence electrons. The van der Waals surface area contributed by atoms with Gasteiger partial charge in [-0.15, -0.1) is 0 Å². The smallest absolute Gasteiger partial charge is 0.261 e. The molecule has 1 aliphatic heterocycles. The first-order valence-corrected chi connectivity index (χ1v) is 12.0. The Balaban J connectivity index is 1.53. The van der Waals surface area contributed by atoms with Gasteiger partial charge in [-0.3, -0.25) is 9.62 Å². The number of aliphatic hydroxyl groups is 1. The summed E-state index contributed by atoms with van der Waals surface area (Å²) in [4.78, 5) is 2.11. The maximum Gasteiger partial charge on any atom is 0.261 e. The molecule has 1 fully saturated rings. The molecular weight excluding hydrogens is 450 g/mol. The Bertz CT molecular complexity index is 1210. The number of nitrogens with zero attached hydrogens (tertiary/aromatic N) is 1. The average molecular weight is 475 g/mol. The van der Waals surface area contributed by atoms with Gasteiger partial charge in [-0.1, -0.05) is 24.3 Å². The minimum Gasteiger partial charge on any atom is -0.394 e. The van der Waals surface area contributed by atoms with E-state index in [1.807, 2.05) is 6.07 Å². The lowest BCUT2D eigenvalue weighted by atomic mass is 10.0. The van der Waals surface area contributed by atoms with Gasteiger partial charge in [0.1, 0.15) is 11.6 Å². The Kier molecular flexibility index (Phi) is 7.04. The standard InChI is InChI=1S/C24H24F2N2O4S/c25-19-6-9-22(23(26)15-19)17-4-7-21(8-5-17)33(30,31)27-20-3-1-2-18(14-20)24(16-29)28-10-12-32-13-11-28/h1-9,14-15,24,27,29H,10-13,16H2. The van der Waals surface area contributed by atoms with E-state index in [0.717, 1.165) is 17.7 Å². The van der Waals surface area contributed by atoms with Crippen molar-refractivity contribution in [3.63, 3.8) is 0 Å². The molecule has 4 rings (SSSR count). The minimum absolute atomic E-state index is 0.00561. The van der Waals surface area contributed by atoms with Crippen molar-refractivity contribution in [2.45, 2.75) is 10.9 Å². The van der Waals surface area contributed by atoms with E-state index in [2.05, 4.69) is 9.62 Å². The van der Waals surface area contributed by atoms with Crippen LogP contribution >= 0.6 is 0 Å². The summed E-state index contributed by atoms with van der Waals surface area (Å²) in [6.07, 6.45) is 0. The van der Waals surface area contributed by atoms with E-state index < -0.39 is 21.7 Å². The first kappa shape index (κ1) is 23.3. The van der Waals surface area contributed by atoms with Gasteiger partial charge < -0.3 is 9.84 Å². The zero-order chi connectivity index (χ0) is 23.4. The van der Waals surface area contributed by atoms with E-state index in [1.54, 1.807) is 18.2 Å². The van der Waals surface area contributed by atoms with Crippen LogP contribution in [0.4, 0.5) is 14.5 Å². The van der Waals surface area contributed by atoms with E-state index in [9.17, 15) is 22.3 Å². The SMILES string of the molecule is O=S(=O)(Nc1cccc(C(CO)N2CCOCC2)c1)c1ccc(-c2ccc(F)cc2F)cc1. The van der Waals surface area contributed by atoms with Crippen molar-refractivity contribution in [3.05, 3.63) is 83.9 Å². The van der Waals surface area contributed by atoms with Gasteiger partial charge in [0, 0.05) is 30.4 Å². The second-order valence-electron chi connectivity index (χ2n) is 7.73. The largest absolute Gasteiger partial charge is 0.394 e. The summed E-state index contributed by atoms with van der Waals surface area (Å²) in [5.74, 6) is -1.40. The van der Waals surface area contributed by atoms with E-state index in [1.165, 1.54) is 30.3 Å². The normalized spacial score (nSPS) is 15.8. The van der Waals surface area contributed by atoms with Crippen molar-refractivity contribution in [1.29, 1.82) is 0 Å². The summed E-state index contributed by atoms with van der Waals surface area (Å²) in [6, 6.07) is 15.6. The summed E-state index contributed by atoms with van der Waals surface area (Å²) in [5.41, 5.74) is 1.78. The van der Waals surface area contributed by atoms with Crippen LogP contribution in [0.5, 0.6) is 0 Å². The Labute approximate surface area is 191 Å². The molecule has 0 saturated carbocycles. The number of anilines is 1. The van der Waals surface area contributed by atoms with Crippen molar-refractivity contribution in [1.82, 2.24) is 4.90 Å². The molecule has 2 N–H and O–H groups in total. The summed E-state index contributed by atoms with van der Waals surface area (Å²) in [5, 5.41) is 9.92. The number of rotatable bonds is 7. The predicted molar refractivity (Wildman–Crippen MR) is 121 cm³/mol. The Morgan fingerprint density at radius 1 is 1.00 bits per heavy atom. The van der Waals surface area contributed by atoms with Gasteiger partial charge >= 0.3 is 0 Å². The first-order chi connectivity index (χ1) is 15.9. The molecule has 0 radical (unpaired) electrons. The third kappa shape index (κ3) is 5.39. The Morgan fingerprint density at radius 2 is 1.73 bits per heavy atom. The van der Waals surface area contributed by atoms with E-state index in [-0.39, 0.29) is 23.1 Å². The molecule has 0 aliphatic carbocycles.